The minimum Gasteiger partial charge on any atom is -0.496 e. The van der Waals surface area contributed by atoms with Gasteiger partial charge in [-0.25, -0.2) is 4.79 Å². The van der Waals surface area contributed by atoms with E-state index in [2.05, 4.69) is 13.0 Å². The van der Waals surface area contributed by atoms with E-state index in [1.807, 2.05) is 64.6 Å². The van der Waals surface area contributed by atoms with Gasteiger partial charge in [0.15, 0.2) is 6.10 Å². The van der Waals surface area contributed by atoms with Crippen molar-refractivity contribution < 1.29 is 28.9 Å². The number of carboxylic acid groups (broad SMARTS) is 1. The van der Waals surface area contributed by atoms with Gasteiger partial charge in [-0.2, -0.15) is 0 Å². The van der Waals surface area contributed by atoms with Gasteiger partial charge in [0.05, 0.1) is 19.3 Å². The fourth-order valence-electron chi connectivity index (χ4n) is 6.45. The van der Waals surface area contributed by atoms with Crippen molar-refractivity contribution in [2.45, 2.75) is 79.4 Å². The second-order valence-corrected chi connectivity index (χ2v) is 12.4. The van der Waals surface area contributed by atoms with Gasteiger partial charge in [-0.15, -0.1) is 0 Å². The van der Waals surface area contributed by atoms with Crippen LogP contribution in [0, 0.1) is 27.7 Å². The molecule has 1 amide bonds. The van der Waals surface area contributed by atoms with E-state index in [1.54, 1.807) is 13.2 Å². The molecule has 42 heavy (non-hydrogen) atoms. The van der Waals surface area contributed by atoms with Crippen LogP contribution in [0.3, 0.4) is 0 Å². The predicted octanol–water partition coefficient (Wildman–Crippen LogP) is 7.06. The number of rotatable bonds is 6. The molecule has 222 valence electrons. The summed E-state index contributed by atoms with van der Waals surface area (Å²) in [5, 5.41) is 10.5. The van der Waals surface area contributed by atoms with E-state index in [1.165, 1.54) is 5.56 Å². The van der Waals surface area contributed by atoms with Gasteiger partial charge in [0.2, 0.25) is 0 Å². The molecule has 0 aliphatic carbocycles. The average molecular weight is 572 g/mol. The summed E-state index contributed by atoms with van der Waals surface area (Å²) < 4.78 is 17.7. The summed E-state index contributed by atoms with van der Waals surface area (Å²) in [6, 6.07) is 9.55. The van der Waals surface area contributed by atoms with Gasteiger partial charge in [0.25, 0.3) is 5.91 Å². The fraction of sp³-hybridized carbons (Fsp3) is 0.429. The molecule has 2 aliphatic rings. The van der Waals surface area contributed by atoms with Crippen LogP contribution in [0.15, 0.2) is 30.3 Å². The smallest absolute Gasteiger partial charge is 0.337 e. The summed E-state index contributed by atoms with van der Waals surface area (Å²) >= 11 is 0. The third-order valence-electron chi connectivity index (χ3n) is 8.32. The first kappa shape index (κ1) is 29.6. The molecule has 0 fully saturated rings. The van der Waals surface area contributed by atoms with Crippen LogP contribution < -0.4 is 14.4 Å². The van der Waals surface area contributed by atoms with Gasteiger partial charge in [-0.05, 0) is 143 Å². The van der Waals surface area contributed by atoms with Crippen molar-refractivity contribution in [3.63, 3.8) is 0 Å². The maximum absolute atomic E-state index is 13.9. The van der Waals surface area contributed by atoms with Crippen LogP contribution in [0.1, 0.15) is 82.6 Å². The van der Waals surface area contributed by atoms with Gasteiger partial charge in [0, 0.05) is 23.4 Å². The van der Waals surface area contributed by atoms with E-state index in [0.29, 0.717) is 30.7 Å². The highest BCUT2D eigenvalue weighted by Gasteiger charge is 2.37. The van der Waals surface area contributed by atoms with Crippen molar-refractivity contribution in [2.75, 3.05) is 25.2 Å². The van der Waals surface area contributed by atoms with Crippen LogP contribution in [0.25, 0.3) is 11.1 Å². The van der Waals surface area contributed by atoms with Gasteiger partial charge >= 0.3 is 5.97 Å². The molecular formula is C35H41NO6. The van der Waals surface area contributed by atoms with Crippen LogP contribution in [0.4, 0.5) is 5.69 Å². The maximum Gasteiger partial charge on any atom is 0.337 e. The Labute approximate surface area is 248 Å². The van der Waals surface area contributed by atoms with E-state index in [4.69, 9.17) is 14.2 Å². The Bertz CT molecular complexity index is 1580. The maximum atomic E-state index is 13.9. The molecule has 7 nitrogen and oxygen atoms in total. The summed E-state index contributed by atoms with van der Waals surface area (Å²) in [5.74, 6) is 0.535. The SMILES string of the molecule is COc1ccc(C(=O)N2CCc3c2cc(C)c(C(OC(C)(C)C)C(=O)O)c3-c2cc(C)c3c(c2C)CCCO3)cc1C. The molecule has 1 atom stereocenters. The van der Waals surface area contributed by atoms with Gasteiger partial charge < -0.3 is 24.2 Å². The normalized spacial score (nSPS) is 15.1. The lowest BCUT2D eigenvalue weighted by molar-refractivity contribution is -0.160. The summed E-state index contributed by atoms with van der Waals surface area (Å²) in [5.41, 5.74) is 9.10. The van der Waals surface area contributed by atoms with Gasteiger partial charge in [0.1, 0.15) is 11.5 Å². The molecule has 0 spiro atoms. The molecule has 1 unspecified atom stereocenters. The van der Waals surface area contributed by atoms with Crippen LogP contribution >= 0.6 is 0 Å². The number of carbonyl (C=O) groups excluding carboxylic acids is 1. The first-order valence-corrected chi connectivity index (χ1v) is 14.6. The number of carbonyl (C=O) groups is 2. The molecule has 5 rings (SSSR count). The monoisotopic (exact) mass is 571 g/mol. The summed E-state index contributed by atoms with van der Waals surface area (Å²) in [4.78, 5) is 28.5. The minimum atomic E-state index is -1.17. The number of hydrogen-bond acceptors (Lipinski definition) is 5. The molecule has 3 aromatic rings. The Balaban J connectivity index is 1.75. The van der Waals surface area contributed by atoms with Crippen molar-refractivity contribution >= 4 is 17.6 Å². The molecule has 1 N–H and O–H groups in total. The average Bonchev–Trinajstić information content (AvgIpc) is 3.35. The highest BCUT2D eigenvalue weighted by atomic mass is 16.5. The Morgan fingerprint density at radius 1 is 0.976 bits per heavy atom. The number of fused-ring (bicyclic) bond motifs is 2. The number of aliphatic carboxylic acids is 1. The zero-order valence-electron chi connectivity index (χ0n) is 25.9. The zero-order chi connectivity index (χ0) is 30.5. The third-order valence-corrected chi connectivity index (χ3v) is 8.32. The fourth-order valence-corrected chi connectivity index (χ4v) is 6.45. The summed E-state index contributed by atoms with van der Waals surface area (Å²) in [6.45, 7) is 14.8. The molecular weight excluding hydrogens is 530 g/mol. The number of carboxylic acids is 1. The largest absolute Gasteiger partial charge is 0.496 e. The molecule has 0 saturated heterocycles. The number of methoxy groups -OCH3 is 1. The standard InChI is InChI=1S/C35H41NO6/c1-19-16-23(11-12-28(19)40-8)33(37)36-14-13-25-27(36)18-20(2)29(32(34(38)39)42-35(5,6)7)30(25)26-17-21(3)31-24(22(26)4)10-9-15-41-31/h11-12,16-18,32H,9-10,13-15H2,1-8H3,(H,38,39). The number of hydrogen-bond donors (Lipinski definition) is 1. The van der Waals surface area contributed by atoms with Crippen molar-refractivity contribution in [3.8, 4) is 22.6 Å². The Kier molecular flexibility index (Phi) is 7.84. The lowest BCUT2D eigenvalue weighted by Crippen LogP contribution is -2.30. The number of benzene rings is 3. The highest BCUT2D eigenvalue weighted by molar-refractivity contribution is 6.08. The van der Waals surface area contributed by atoms with Crippen LogP contribution in [-0.2, 0) is 22.4 Å². The van der Waals surface area contributed by atoms with Crippen molar-refractivity contribution in [1.82, 2.24) is 0 Å². The topological polar surface area (TPSA) is 85.3 Å². The Morgan fingerprint density at radius 3 is 2.36 bits per heavy atom. The second kappa shape index (κ2) is 11.1. The van der Waals surface area contributed by atoms with Crippen LogP contribution in [-0.4, -0.2) is 42.8 Å². The molecule has 2 heterocycles. The number of anilines is 1. The van der Waals surface area contributed by atoms with E-state index in [9.17, 15) is 14.7 Å². The van der Waals surface area contributed by atoms with E-state index in [0.717, 1.165) is 69.0 Å². The second-order valence-electron chi connectivity index (χ2n) is 12.4. The van der Waals surface area contributed by atoms with Gasteiger partial charge in [-0.3, -0.25) is 4.79 Å². The quantitative estimate of drug-likeness (QED) is 0.341. The molecule has 0 aromatic heterocycles. The predicted molar refractivity (Wildman–Crippen MR) is 164 cm³/mol. The number of nitrogens with zero attached hydrogens (tertiary/aromatic N) is 1. The van der Waals surface area contributed by atoms with E-state index < -0.39 is 17.7 Å². The summed E-state index contributed by atoms with van der Waals surface area (Å²) in [6.07, 6.45) is 1.27. The van der Waals surface area contributed by atoms with Crippen molar-refractivity contribution in [1.29, 1.82) is 0 Å². The molecule has 7 heteroatoms. The molecule has 0 bridgehead atoms. The molecule has 0 saturated carbocycles. The van der Waals surface area contributed by atoms with Crippen molar-refractivity contribution in [2.24, 2.45) is 0 Å². The van der Waals surface area contributed by atoms with Crippen molar-refractivity contribution in [3.05, 3.63) is 74.8 Å². The number of ether oxygens (including phenoxy) is 3. The Morgan fingerprint density at radius 2 is 1.71 bits per heavy atom. The first-order chi connectivity index (χ1) is 19.8. The van der Waals surface area contributed by atoms with Crippen LogP contribution in [0.2, 0.25) is 0 Å². The molecule has 0 radical (unpaired) electrons. The van der Waals surface area contributed by atoms with Crippen LogP contribution in [0.5, 0.6) is 11.5 Å². The molecule has 2 aliphatic heterocycles. The van der Waals surface area contributed by atoms with E-state index in [-0.39, 0.29) is 5.91 Å². The highest BCUT2D eigenvalue weighted by Crippen LogP contribution is 2.48. The number of amides is 1. The van der Waals surface area contributed by atoms with Gasteiger partial charge in [-0.1, -0.05) is 0 Å². The molecule has 3 aromatic carbocycles. The summed E-state index contributed by atoms with van der Waals surface area (Å²) in [7, 11) is 1.62. The lowest BCUT2D eigenvalue weighted by Gasteiger charge is -2.31. The van der Waals surface area contributed by atoms with E-state index >= 15 is 0 Å². The lowest BCUT2D eigenvalue weighted by atomic mass is 9.82. The zero-order valence-corrected chi connectivity index (χ0v) is 25.9. The third kappa shape index (κ3) is 5.26. The Hall–Kier alpha value is -3.84. The first-order valence-electron chi connectivity index (χ1n) is 14.6. The minimum absolute atomic E-state index is 0.0925. The number of aryl methyl sites for hydroxylation is 3.